The van der Waals surface area contributed by atoms with Crippen LogP contribution in [-0.4, -0.2) is 24.1 Å². The SMILES string of the molecule is CC1(C)CCN(c2ccc(/C(N)=N/O)cc2F)CC1. The fraction of sp³-hybridized carbons (Fsp3) is 0.500. The maximum Gasteiger partial charge on any atom is 0.170 e. The molecule has 0 spiro atoms. The molecule has 0 aliphatic carbocycles. The van der Waals surface area contributed by atoms with Gasteiger partial charge in [-0.3, -0.25) is 0 Å². The molecule has 3 N–H and O–H groups in total. The van der Waals surface area contributed by atoms with Gasteiger partial charge in [0.05, 0.1) is 5.69 Å². The number of amidine groups is 1. The summed E-state index contributed by atoms with van der Waals surface area (Å²) in [4.78, 5) is 2.05. The van der Waals surface area contributed by atoms with Gasteiger partial charge in [-0.2, -0.15) is 0 Å². The number of hydrogen-bond acceptors (Lipinski definition) is 3. The summed E-state index contributed by atoms with van der Waals surface area (Å²) in [5, 5.41) is 11.5. The van der Waals surface area contributed by atoms with Crippen LogP contribution in [0.3, 0.4) is 0 Å². The molecule has 2 rings (SSSR count). The van der Waals surface area contributed by atoms with Crippen LogP contribution in [0.4, 0.5) is 10.1 Å². The van der Waals surface area contributed by atoms with Gasteiger partial charge in [-0.1, -0.05) is 19.0 Å². The molecule has 1 aromatic carbocycles. The molecule has 0 unspecified atom stereocenters. The summed E-state index contributed by atoms with van der Waals surface area (Å²) in [6.07, 6.45) is 2.10. The standard InChI is InChI=1S/C14H20FN3O/c1-14(2)5-7-18(8-6-14)12-4-3-10(9-11(12)15)13(16)17-19/h3-4,9,19H,5-8H2,1-2H3,(H2,16,17). The molecule has 0 aromatic heterocycles. The van der Waals surface area contributed by atoms with Crippen LogP contribution in [0, 0.1) is 11.2 Å². The summed E-state index contributed by atoms with van der Waals surface area (Å²) in [6, 6.07) is 4.68. The number of rotatable bonds is 2. The van der Waals surface area contributed by atoms with Gasteiger partial charge in [0.2, 0.25) is 0 Å². The van der Waals surface area contributed by atoms with E-state index in [0.29, 0.717) is 16.7 Å². The minimum absolute atomic E-state index is 0.0785. The Labute approximate surface area is 112 Å². The zero-order chi connectivity index (χ0) is 14.0. The van der Waals surface area contributed by atoms with Crippen molar-refractivity contribution < 1.29 is 9.60 Å². The Morgan fingerprint density at radius 1 is 1.37 bits per heavy atom. The molecule has 1 aliphatic heterocycles. The van der Waals surface area contributed by atoms with Gasteiger partial charge in [-0.15, -0.1) is 0 Å². The zero-order valence-corrected chi connectivity index (χ0v) is 11.4. The van der Waals surface area contributed by atoms with Crippen molar-refractivity contribution in [1.82, 2.24) is 0 Å². The Kier molecular flexibility index (Phi) is 3.64. The molecule has 0 bridgehead atoms. The van der Waals surface area contributed by atoms with Gasteiger partial charge in [0.15, 0.2) is 5.84 Å². The lowest BCUT2D eigenvalue weighted by molar-refractivity contribution is 0.279. The Bertz CT molecular complexity index is 489. The largest absolute Gasteiger partial charge is 0.409 e. The Morgan fingerprint density at radius 2 is 2.00 bits per heavy atom. The second kappa shape index (κ2) is 5.07. The third-order valence-electron chi connectivity index (χ3n) is 3.81. The van der Waals surface area contributed by atoms with Crippen molar-refractivity contribution in [3.63, 3.8) is 0 Å². The van der Waals surface area contributed by atoms with Crippen LogP contribution in [0.15, 0.2) is 23.4 Å². The highest BCUT2D eigenvalue weighted by Crippen LogP contribution is 2.33. The van der Waals surface area contributed by atoms with Crippen molar-refractivity contribution in [3.8, 4) is 0 Å². The van der Waals surface area contributed by atoms with Gasteiger partial charge in [0.25, 0.3) is 0 Å². The van der Waals surface area contributed by atoms with Crippen LogP contribution in [0.25, 0.3) is 0 Å². The fourth-order valence-corrected chi connectivity index (χ4v) is 2.33. The molecule has 104 valence electrons. The molecule has 1 aliphatic rings. The lowest BCUT2D eigenvalue weighted by Crippen LogP contribution is -2.37. The maximum atomic E-state index is 14.1. The molecule has 0 saturated carbocycles. The number of nitrogens with two attached hydrogens (primary N) is 1. The third kappa shape index (κ3) is 2.97. The van der Waals surface area contributed by atoms with Crippen LogP contribution >= 0.6 is 0 Å². The van der Waals surface area contributed by atoms with Crippen LogP contribution in [0.5, 0.6) is 0 Å². The van der Waals surface area contributed by atoms with Gasteiger partial charge in [-0.05, 0) is 36.5 Å². The second-order valence-corrected chi connectivity index (χ2v) is 5.80. The highest BCUT2D eigenvalue weighted by molar-refractivity contribution is 5.97. The predicted molar refractivity (Wildman–Crippen MR) is 74.1 cm³/mol. The molecule has 5 heteroatoms. The van der Waals surface area contributed by atoms with E-state index in [9.17, 15) is 4.39 Å². The van der Waals surface area contributed by atoms with E-state index in [1.54, 1.807) is 12.1 Å². The summed E-state index contributed by atoms with van der Waals surface area (Å²) in [7, 11) is 0. The van der Waals surface area contributed by atoms with E-state index in [2.05, 4.69) is 23.9 Å². The van der Waals surface area contributed by atoms with Crippen molar-refractivity contribution in [3.05, 3.63) is 29.6 Å². The van der Waals surface area contributed by atoms with Crippen LogP contribution in [0.1, 0.15) is 32.3 Å². The van der Waals surface area contributed by atoms with Gasteiger partial charge in [-0.25, -0.2) is 4.39 Å². The van der Waals surface area contributed by atoms with E-state index in [4.69, 9.17) is 10.9 Å². The normalized spacial score (nSPS) is 19.5. The molecule has 1 aromatic rings. The average molecular weight is 265 g/mol. The van der Waals surface area contributed by atoms with Crippen molar-refractivity contribution in [2.24, 2.45) is 16.3 Å². The molecule has 0 atom stereocenters. The summed E-state index contributed by atoms with van der Waals surface area (Å²) in [5.41, 5.74) is 6.76. The summed E-state index contributed by atoms with van der Waals surface area (Å²) in [6.45, 7) is 6.18. The Balaban J connectivity index is 2.18. The Hall–Kier alpha value is -1.78. The highest BCUT2D eigenvalue weighted by atomic mass is 19.1. The molecular formula is C14H20FN3O. The number of halogens is 1. The van der Waals surface area contributed by atoms with E-state index in [1.807, 2.05) is 0 Å². The molecular weight excluding hydrogens is 245 g/mol. The molecule has 4 nitrogen and oxygen atoms in total. The van der Waals surface area contributed by atoms with Crippen LogP contribution in [-0.2, 0) is 0 Å². The van der Waals surface area contributed by atoms with Crippen molar-refractivity contribution >= 4 is 11.5 Å². The number of benzene rings is 1. The highest BCUT2D eigenvalue weighted by Gasteiger charge is 2.26. The minimum atomic E-state index is -0.330. The first-order valence-corrected chi connectivity index (χ1v) is 6.45. The van der Waals surface area contributed by atoms with Crippen molar-refractivity contribution in [2.75, 3.05) is 18.0 Å². The maximum absolute atomic E-state index is 14.1. The smallest absolute Gasteiger partial charge is 0.170 e. The number of hydrogen-bond donors (Lipinski definition) is 2. The van der Waals surface area contributed by atoms with Crippen LogP contribution in [0.2, 0.25) is 0 Å². The number of anilines is 1. The quantitative estimate of drug-likeness (QED) is 0.374. The number of piperidine rings is 1. The number of nitrogens with zero attached hydrogens (tertiary/aromatic N) is 2. The first-order valence-electron chi connectivity index (χ1n) is 6.45. The first kappa shape index (κ1) is 13.6. The van der Waals surface area contributed by atoms with E-state index in [-0.39, 0.29) is 11.7 Å². The topological polar surface area (TPSA) is 61.8 Å². The fourth-order valence-electron chi connectivity index (χ4n) is 2.33. The predicted octanol–water partition coefficient (Wildman–Crippen LogP) is 2.55. The van der Waals surface area contributed by atoms with E-state index in [1.165, 1.54) is 6.07 Å². The van der Waals surface area contributed by atoms with E-state index >= 15 is 0 Å². The summed E-state index contributed by atoms with van der Waals surface area (Å²) in [5.74, 6) is -0.408. The van der Waals surface area contributed by atoms with Gasteiger partial charge >= 0.3 is 0 Å². The van der Waals surface area contributed by atoms with E-state index in [0.717, 1.165) is 25.9 Å². The van der Waals surface area contributed by atoms with Crippen molar-refractivity contribution in [2.45, 2.75) is 26.7 Å². The third-order valence-corrected chi connectivity index (χ3v) is 3.81. The first-order chi connectivity index (χ1) is 8.93. The van der Waals surface area contributed by atoms with Gasteiger partial charge in [0, 0.05) is 18.7 Å². The van der Waals surface area contributed by atoms with Gasteiger partial charge in [0.1, 0.15) is 5.82 Å². The lowest BCUT2D eigenvalue weighted by atomic mass is 9.82. The molecule has 0 amide bonds. The second-order valence-electron chi connectivity index (χ2n) is 5.80. The molecule has 1 saturated heterocycles. The lowest BCUT2D eigenvalue weighted by Gasteiger charge is -2.38. The zero-order valence-electron chi connectivity index (χ0n) is 11.4. The molecule has 0 radical (unpaired) electrons. The van der Waals surface area contributed by atoms with Crippen molar-refractivity contribution in [1.29, 1.82) is 0 Å². The average Bonchev–Trinajstić information content (AvgIpc) is 2.38. The molecule has 19 heavy (non-hydrogen) atoms. The van der Waals surface area contributed by atoms with Gasteiger partial charge < -0.3 is 15.8 Å². The molecule has 1 fully saturated rings. The van der Waals surface area contributed by atoms with E-state index < -0.39 is 0 Å². The minimum Gasteiger partial charge on any atom is -0.409 e. The summed E-state index contributed by atoms with van der Waals surface area (Å²) >= 11 is 0. The Morgan fingerprint density at radius 3 is 2.53 bits per heavy atom. The number of oxime groups is 1. The summed E-state index contributed by atoms with van der Waals surface area (Å²) < 4.78 is 14.1. The monoisotopic (exact) mass is 265 g/mol. The van der Waals surface area contributed by atoms with Crippen LogP contribution < -0.4 is 10.6 Å². The molecule has 1 heterocycles.